The summed E-state index contributed by atoms with van der Waals surface area (Å²) in [4.78, 5) is 19.1. The summed E-state index contributed by atoms with van der Waals surface area (Å²) in [6.45, 7) is 1.63. The molecule has 0 spiro atoms. The molecule has 3 rings (SSSR count). The third-order valence-corrected chi connectivity index (χ3v) is 4.19. The van der Waals surface area contributed by atoms with Crippen LogP contribution in [-0.2, 0) is 4.79 Å². The summed E-state index contributed by atoms with van der Waals surface area (Å²) in [7, 11) is 0. The van der Waals surface area contributed by atoms with Crippen molar-refractivity contribution >= 4 is 23.7 Å². The Hall–Kier alpha value is -2.06. The van der Waals surface area contributed by atoms with Gasteiger partial charge >= 0.3 is 0 Å². The molecule has 3 unspecified atom stereocenters. The van der Waals surface area contributed by atoms with Crippen LogP contribution >= 0.6 is 0 Å². The van der Waals surface area contributed by atoms with Crippen LogP contribution in [0.4, 0.5) is 17.3 Å². The first-order chi connectivity index (χ1) is 10.6. The lowest BCUT2D eigenvalue weighted by molar-refractivity contribution is -0.110. The minimum absolute atomic E-state index is 0.277. The fraction of sp³-hybridized carbons (Fsp3) is 0.571. The standard InChI is InChI=1S/C14H21N5O3/c15-11-1-2-12(17-14(11)18-4-3-9(21)6-18)19-7-10(22)5-13(19)16-8-20/h1-2,8-10,13,21-22H,3-7,15H2,(H,16,20). The van der Waals surface area contributed by atoms with Crippen molar-refractivity contribution in [2.45, 2.75) is 31.2 Å². The molecule has 0 bridgehead atoms. The summed E-state index contributed by atoms with van der Waals surface area (Å²) in [5, 5.41) is 22.2. The second-order valence-corrected chi connectivity index (χ2v) is 5.81. The van der Waals surface area contributed by atoms with E-state index in [1.807, 2.05) is 9.80 Å². The van der Waals surface area contributed by atoms with E-state index >= 15 is 0 Å². The molecule has 1 aromatic heterocycles. The Bertz CT molecular complexity index is 555. The maximum absolute atomic E-state index is 10.7. The number of nitrogens with one attached hydrogen (secondary N) is 1. The van der Waals surface area contributed by atoms with E-state index in [1.165, 1.54) is 0 Å². The molecule has 8 nitrogen and oxygen atoms in total. The van der Waals surface area contributed by atoms with Gasteiger partial charge < -0.3 is 31.1 Å². The largest absolute Gasteiger partial charge is 0.396 e. The molecule has 2 aliphatic rings. The zero-order valence-corrected chi connectivity index (χ0v) is 12.2. The Balaban J connectivity index is 1.86. The molecule has 0 aliphatic carbocycles. The number of aliphatic hydroxyl groups excluding tert-OH is 2. The quantitative estimate of drug-likeness (QED) is 0.521. The molecule has 22 heavy (non-hydrogen) atoms. The second-order valence-electron chi connectivity index (χ2n) is 5.81. The molecule has 0 aromatic carbocycles. The summed E-state index contributed by atoms with van der Waals surface area (Å²) in [5.41, 5.74) is 6.56. The van der Waals surface area contributed by atoms with Gasteiger partial charge in [-0.25, -0.2) is 4.98 Å². The SMILES string of the molecule is Nc1ccc(N2CC(O)CC2NC=O)nc1N1CCC(O)C1. The van der Waals surface area contributed by atoms with Gasteiger partial charge in [0.25, 0.3) is 0 Å². The minimum atomic E-state index is -0.506. The summed E-state index contributed by atoms with van der Waals surface area (Å²) in [6, 6.07) is 3.55. The van der Waals surface area contributed by atoms with Gasteiger partial charge in [0.05, 0.1) is 17.9 Å². The summed E-state index contributed by atoms with van der Waals surface area (Å²) < 4.78 is 0. The number of β-amino-alcohol motifs (C(OH)–C–C–N with tert-alkyl or cyclic N) is 2. The number of rotatable bonds is 4. The summed E-state index contributed by atoms with van der Waals surface area (Å²) in [6.07, 6.45) is 0.647. The van der Waals surface area contributed by atoms with Crippen LogP contribution in [0.25, 0.3) is 0 Å². The number of aromatic nitrogens is 1. The topological polar surface area (TPSA) is 115 Å². The number of anilines is 3. The third kappa shape index (κ3) is 2.79. The molecule has 1 aromatic rings. The lowest BCUT2D eigenvalue weighted by atomic mass is 10.3. The number of aliphatic hydroxyl groups is 2. The summed E-state index contributed by atoms with van der Waals surface area (Å²) >= 11 is 0. The highest BCUT2D eigenvalue weighted by atomic mass is 16.3. The van der Waals surface area contributed by atoms with Gasteiger partial charge in [0.2, 0.25) is 6.41 Å². The molecule has 120 valence electrons. The average Bonchev–Trinajstić information content (AvgIpc) is 3.06. The molecule has 2 aliphatic heterocycles. The van der Waals surface area contributed by atoms with Gasteiger partial charge in [0.1, 0.15) is 12.0 Å². The fourth-order valence-corrected chi connectivity index (χ4v) is 3.10. The van der Waals surface area contributed by atoms with Crippen molar-refractivity contribution in [2.24, 2.45) is 0 Å². The second kappa shape index (κ2) is 5.98. The average molecular weight is 307 g/mol. The van der Waals surface area contributed by atoms with Crippen LogP contribution in [0.3, 0.4) is 0 Å². The van der Waals surface area contributed by atoms with Crippen LogP contribution in [0.15, 0.2) is 12.1 Å². The monoisotopic (exact) mass is 307 g/mol. The predicted molar refractivity (Wildman–Crippen MR) is 82.4 cm³/mol. The number of hydrogen-bond donors (Lipinski definition) is 4. The Morgan fingerprint density at radius 3 is 2.82 bits per heavy atom. The molecule has 0 radical (unpaired) electrons. The third-order valence-electron chi connectivity index (χ3n) is 4.19. The van der Waals surface area contributed by atoms with Gasteiger partial charge in [-0.3, -0.25) is 4.79 Å². The molecule has 8 heteroatoms. The normalized spacial score (nSPS) is 28.2. The van der Waals surface area contributed by atoms with E-state index in [0.29, 0.717) is 56.2 Å². The first-order valence-corrected chi connectivity index (χ1v) is 7.42. The van der Waals surface area contributed by atoms with Gasteiger partial charge in [0.15, 0.2) is 5.82 Å². The first-order valence-electron chi connectivity index (χ1n) is 7.42. The van der Waals surface area contributed by atoms with E-state index in [-0.39, 0.29) is 12.3 Å². The van der Waals surface area contributed by atoms with Crippen molar-refractivity contribution in [1.82, 2.24) is 10.3 Å². The molecular weight excluding hydrogens is 286 g/mol. The molecule has 3 atom stereocenters. The Morgan fingerprint density at radius 1 is 1.32 bits per heavy atom. The smallest absolute Gasteiger partial charge is 0.208 e. The van der Waals surface area contributed by atoms with Crippen molar-refractivity contribution in [2.75, 3.05) is 35.2 Å². The zero-order chi connectivity index (χ0) is 15.7. The van der Waals surface area contributed by atoms with Crippen molar-refractivity contribution in [3.63, 3.8) is 0 Å². The lowest BCUT2D eigenvalue weighted by Gasteiger charge is -2.27. The highest BCUT2D eigenvalue weighted by molar-refractivity contribution is 5.67. The predicted octanol–water partition coefficient (Wildman–Crippen LogP) is -1.12. The van der Waals surface area contributed by atoms with Crippen LogP contribution in [0, 0.1) is 0 Å². The van der Waals surface area contributed by atoms with Gasteiger partial charge in [-0.05, 0) is 18.6 Å². The van der Waals surface area contributed by atoms with Gasteiger partial charge in [0, 0.05) is 26.1 Å². The van der Waals surface area contributed by atoms with Gasteiger partial charge in [-0.2, -0.15) is 0 Å². The van der Waals surface area contributed by atoms with E-state index in [2.05, 4.69) is 10.3 Å². The molecular formula is C14H21N5O3. The van der Waals surface area contributed by atoms with Crippen molar-refractivity contribution in [3.8, 4) is 0 Å². The Kier molecular flexibility index (Phi) is 4.04. The molecule has 1 amide bonds. The van der Waals surface area contributed by atoms with E-state index in [1.54, 1.807) is 12.1 Å². The van der Waals surface area contributed by atoms with Gasteiger partial charge in [-0.15, -0.1) is 0 Å². The van der Waals surface area contributed by atoms with Crippen LogP contribution in [0.2, 0.25) is 0 Å². The zero-order valence-electron chi connectivity index (χ0n) is 12.2. The molecule has 2 fully saturated rings. The van der Waals surface area contributed by atoms with Crippen molar-refractivity contribution in [3.05, 3.63) is 12.1 Å². The van der Waals surface area contributed by atoms with Crippen LogP contribution in [-0.4, -0.2) is 59.6 Å². The number of carbonyl (C=O) groups is 1. The maximum Gasteiger partial charge on any atom is 0.208 e. The van der Waals surface area contributed by atoms with E-state index < -0.39 is 6.10 Å². The molecule has 5 N–H and O–H groups in total. The molecule has 3 heterocycles. The number of nitrogens with two attached hydrogens (primary N) is 1. The highest BCUT2D eigenvalue weighted by Gasteiger charge is 2.32. The Morgan fingerprint density at radius 2 is 2.14 bits per heavy atom. The fourth-order valence-electron chi connectivity index (χ4n) is 3.10. The Labute approximate surface area is 128 Å². The number of carbonyl (C=O) groups excluding carboxylic acids is 1. The number of hydrogen-bond acceptors (Lipinski definition) is 7. The van der Waals surface area contributed by atoms with Crippen molar-refractivity contribution < 1.29 is 15.0 Å². The lowest BCUT2D eigenvalue weighted by Crippen LogP contribution is -2.41. The number of amides is 1. The molecule has 2 saturated heterocycles. The summed E-state index contributed by atoms with van der Waals surface area (Å²) in [5.74, 6) is 1.29. The van der Waals surface area contributed by atoms with Crippen LogP contribution in [0.5, 0.6) is 0 Å². The van der Waals surface area contributed by atoms with Crippen LogP contribution < -0.4 is 20.9 Å². The number of pyridine rings is 1. The minimum Gasteiger partial charge on any atom is -0.396 e. The highest BCUT2D eigenvalue weighted by Crippen LogP contribution is 2.30. The van der Waals surface area contributed by atoms with Gasteiger partial charge in [-0.1, -0.05) is 0 Å². The number of nitrogen functional groups attached to an aromatic ring is 1. The maximum atomic E-state index is 10.7. The van der Waals surface area contributed by atoms with E-state index in [4.69, 9.17) is 5.73 Å². The van der Waals surface area contributed by atoms with E-state index in [9.17, 15) is 15.0 Å². The first kappa shape index (κ1) is 14.9. The van der Waals surface area contributed by atoms with E-state index in [0.717, 1.165) is 0 Å². The number of nitrogens with zero attached hydrogens (tertiary/aromatic N) is 3. The van der Waals surface area contributed by atoms with Crippen molar-refractivity contribution in [1.29, 1.82) is 0 Å². The molecule has 0 saturated carbocycles. The van der Waals surface area contributed by atoms with Crippen LogP contribution in [0.1, 0.15) is 12.8 Å².